The van der Waals surface area contributed by atoms with Gasteiger partial charge in [-0.2, -0.15) is 8.78 Å². The van der Waals surface area contributed by atoms with Crippen molar-refractivity contribution < 1.29 is 22.7 Å². The molecule has 2 nitrogen and oxygen atoms in total. The number of carbonyl (C=O) groups is 1. The summed E-state index contributed by atoms with van der Waals surface area (Å²) in [4.78, 5) is 10.2. The second-order valence-electron chi connectivity index (χ2n) is 2.29. The summed E-state index contributed by atoms with van der Waals surface area (Å²) >= 11 is 9.12. The smallest absolute Gasteiger partial charge is 0.369 e. The summed E-state index contributed by atoms with van der Waals surface area (Å²) in [7, 11) is 0. The molecule has 0 aliphatic heterocycles. The van der Waals surface area contributed by atoms with E-state index in [1.54, 1.807) is 0 Å². The zero-order chi connectivity index (χ0) is 10.7. The normalized spacial score (nSPS) is 16.5. The molecule has 0 spiro atoms. The first kappa shape index (κ1) is 12.8. The molecule has 0 rings (SSSR count). The summed E-state index contributed by atoms with van der Waals surface area (Å²) < 4.78 is 41.2. The van der Waals surface area contributed by atoms with Gasteiger partial charge < -0.3 is 4.74 Å². The van der Waals surface area contributed by atoms with E-state index in [9.17, 15) is 18.0 Å². The Morgan fingerprint density at radius 2 is 1.85 bits per heavy atom. The average molecular weight is 239 g/mol. The van der Waals surface area contributed by atoms with E-state index < -0.39 is 29.5 Å². The van der Waals surface area contributed by atoms with E-state index in [0.717, 1.165) is 6.92 Å². The molecule has 13 heavy (non-hydrogen) atoms. The lowest BCUT2D eigenvalue weighted by atomic mass is 10.3. The number of rotatable bonds is 4. The maximum absolute atomic E-state index is 12.7. The molecule has 0 aromatic heterocycles. The van der Waals surface area contributed by atoms with Crippen molar-refractivity contribution in [3.8, 4) is 0 Å². The summed E-state index contributed by atoms with van der Waals surface area (Å²) in [6.07, 6.45) is -0.870. The fraction of sp³-hybridized carbons (Fsp3) is 0.833. The highest BCUT2D eigenvalue weighted by Gasteiger charge is 2.52. The van der Waals surface area contributed by atoms with Gasteiger partial charge in [-0.15, -0.1) is 0 Å². The van der Waals surface area contributed by atoms with Crippen molar-refractivity contribution in [2.45, 2.75) is 23.9 Å². The lowest BCUT2D eigenvalue weighted by Gasteiger charge is -2.21. The van der Waals surface area contributed by atoms with Crippen molar-refractivity contribution in [1.29, 1.82) is 0 Å². The fourth-order valence-electron chi connectivity index (χ4n) is 0.465. The zero-order valence-corrected chi connectivity index (χ0v) is 8.13. The molecular formula is C6H7Cl2F3O2. The molecule has 0 aromatic rings. The molecule has 0 N–H and O–H groups in total. The molecular weight excluding hydrogens is 232 g/mol. The molecule has 0 bridgehead atoms. The van der Waals surface area contributed by atoms with Crippen LogP contribution in [0.1, 0.15) is 13.3 Å². The van der Waals surface area contributed by atoms with Crippen LogP contribution in [0.3, 0.4) is 0 Å². The Hall–Kier alpha value is -0.160. The Morgan fingerprint density at radius 1 is 1.38 bits per heavy atom. The largest absolute Gasteiger partial charge is 0.466 e. The fourth-order valence-corrected chi connectivity index (χ4v) is 0.636. The minimum Gasteiger partial charge on any atom is -0.466 e. The Balaban J connectivity index is 3.97. The van der Waals surface area contributed by atoms with E-state index >= 15 is 0 Å². The van der Waals surface area contributed by atoms with E-state index in [2.05, 4.69) is 16.3 Å². The third kappa shape index (κ3) is 4.57. The molecule has 0 aromatic carbocycles. The van der Waals surface area contributed by atoms with E-state index in [0.29, 0.717) is 0 Å². The maximum Gasteiger partial charge on any atom is 0.369 e. The van der Waals surface area contributed by atoms with Crippen molar-refractivity contribution in [2.75, 3.05) is 6.61 Å². The third-order valence-electron chi connectivity index (χ3n) is 1.14. The summed E-state index contributed by atoms with van der Waals surface area (Å²) in [6.45, 7) is 0.518. The van der Waals surface area contributed by atoms with E-state index in [1.807, 2.05) is 0 Å². The van der Waals surface area contributed by atoms with Gasteiger partial charge in [0.1, 0.15) is 0 Å². The van der Waals surface area contributed by atoms with E-state index in [-0.39, 0.29) is 0 Å². The summed E-state index contributed by atoms with van der Waals surface area (Å²) in [5.41, 5.74) is 0. The van der Waals surface area contributed by atoms with Gasteiger partial charge >= 0.3 is 11.4 Å². The summed E-state index contributed by atoms with van der Waals surface area (Å²) in [6, 6.07) is 0. The third-order valence-corrected chi connectivity index (χ3v) is 1.96. The highest BCUT2D eigenvalue weighted by molar-refractivity contribution is 6.32. The van der Waals surface area contributed by atoms with Crippen LogP contribution in [0.4, 0.5) is 13.2 Å². The standard InChI is InChI=1S/C6H7Cl2F3O2/c1-4(12)13-3-2-5(7,9)6(8,10)11/h2-3H2,1H3. The van der Waals surface area contributed by atoms with Crippen molar-refractivity contribution >= 4 is 29.2 Å². The molecule has 78 valence electrons. The SMILES string of the molecule is CC(=O)OCCC(F)(Cl)C(F)(F)Cl. The van der Waals surface area contributed by atoms with Crippen LogP contribution in [0.15, 0.2) is 0 Å². The number of ether oxygens (including phenoxy) is 1. The second kappa shape index (κ2) is 4.37. The molecule has 0 amide bonds. The van der Waals surface area contributed by atoms with E-state index in [4.69, 9.17) is 11.6 Å². The molecule has 0 aliphatic rings. The molecule has 0 aliphatic carbocycles. The number of esters is 1. The molecule has 1 atom stereocenters. The monoisotopic (exact) mass is 238 g/mol. The van der Waals surface area contributed by atoms with Gasteiger partial charge in [0.25, 0.3) is 5.13 Å². The van der Waals surface area contributed by atoms with Crippen LogP contribution in [-0.2, 0) is 9.53 Å². The molecule has 0 saturated heterocycles. The Bertz CT molecular complexity index is 191. The van der Waals surface area contributed by atoms with Gasteiger partial charge in [-0.25, -0.2) is 4.39 Å². The van der Waals surface area contributed by atoms with Crippen LogP contribution >= 0.6 is 23.2 Å². The predicted molar refractivity (Wildman–Crippen MR) is 41.7 cm³/mol. The first-order valence-electron chi connectivity index (χ1n) is 3.25. The summed E-state index contributed by atoms with van der Waals surface area (Å²) in [5, 5.41) is -7.58. The van der Waals surface area contributed by atoms with Crippen LogP contribution < -0.4 is 0 Å². The van der Waals surface area contributed by atoms with Crippen molar-refractivity contribution in [3.63, 3.8) is 0 Å². The molecule has 1 unspecified atom stereocenters. The predicted octanol–water partition coefficient (Wildman–Crippen LogP) is 2.68. The highest BCUT2D eigenvalue weighted by Crippen LogP contribution is 2.41. The van der Waals surface area contributed by atoms with Crippen LogP contribution in [0.5, 0.6) is 0 Å². The Labute approximate surface area is 82.9 Å². The van der Waals surface area contributed by atoms with Gasteiger partial charge in [0.15, 0.2) is 0 Å². The highest BCUT2D eigenvalue weighted by atomic mass is 35.5. The van der Waals surface area contributed by atoms with Gasteiger partial charge in [0, 0.05) is 13.3 Å². The molecule has 0 heterocycles. The molecule has 7 heteroatoms. The lowest BCUT2D eigenvalue weighted by Crippen LogP contribution is -2.35. The summed E-state index contributed by atoms with van der Waals surface area (Å²) in [5.74, 6) is -0.703. The maximum atomic E-state index is 12.7. The van der Waals surface area contributed by atoms with Crippen LogP contribution in [0.25, 0.3) is 0 Å². The minimum absolute atomic E-state index is 0.544. The number of hydrogen-bond acceptors (Lipinski definition) is 2. The van der Waals surface area contributed by atoms with Gasteiger partial charge in [-0.1, -0.05) is 11.6 Å². The Morgan fingerprint density at radius 3 is 2.15 bits per heavy atom. The van der Waals surface area contributed by atoms with Crippen molar-refractivity contribution in [1.82, 2.24) is 0 Å². The van der Waals surface area contributed by atoms with Gasteiger partial charge in [0.2, 0.25) is 0 Å². The van der Waals surface area contributed by atoms with Gasteiger partial charge in [0.05, 0.1) is 6.61 Å². The number of halogens is 5. The lowest BCUT2D eigenvalue weighted by molar-refractivity contribution is -0.142. The van der Waals surface area contributed by atoms with Crippen molar-refractivity contribution in [2.24, 2.45) is 0 Å². The Kier molecular flexibility index (Phi) is 4.32. The van der Waals surface area contributed by atoms with Crippen LogP contribution in [-0.4, -0.2) is 23.1 Å². The van der Waals surface area contributed by atoms with Crippen LogP contribution in [0, 0.1) is 0 Å². The first-order valence-corrected chi connectivity index (χ1v) is 4.00. The molecule has 0 radical (unpaired) electrons. The number of alkyl halides is 5. The second-order valence-corrected chi connectivity index (χ2v) is 3.37. The minimum atomic E-state index is -4.19. The molecule has 0 fully saturated rings. The quantitative estimate of drug-likeness (QED) is 0.556. The van der Waals surface area contributed by atoms with Gasteiger partial charge in [-0.3, -0.25) is 4.79 Å². The average Bonchev–Trinajstić information content (AvgIpc) is 1.82. The first-order chi connectivity index (χ1) is 5.67. The van der Waals surface area contributed by atoms with E-state index in [1.165, 1.54) is 0 Å². The number of hydrogen-bond donors (Lipinski definition) is 0. The van der Waals surface area contributed by atoms with Crippen molar-refractivity contribution in [3.05, 3.63) is 0 Å². The molecule has 0 saturated carbocycles. The van der Waals surface area contributed by atoms with Gasteiger partial charge in [-0.05, 0) is 11.6 Å². The number of carbonyl (C=O) groups excluding carboxylic acids is 1. The zero-order valence-electron chi connectivity index (χ0n) is 6.62. The topological polar surface area (TPSA) is 26.3 Å². The van der Waals surface area contributed by atoms with Crippen LogP contribution in [0.2, 0.25) is 0 Å².